The van der Waals surface area contributed by atoms with Crippen LogP contribution in [0.5, 0.6) is 5.75 Å². The van der Waals surface area contributed by atoms with Gasteiger partial charge >= 0.3 is 0 Å². The van der Waals surface area contributed by atoms with Crippen LogP contribution >= 0.6 is 0 Å². The Bertz CT molecular complexity index is 543. The van der Waals surface area contributed by atoms with E-state index in [2.05, 4.69) is 0 Å². The first-order valence-electron chi connectivity index (χ1n) is 5.69. The predicted molar refractivity (Wildman–Crippen MR) is 67.2 cm³/mol. The van der Waals surface area contributed by atoms with Crippen molar-refractivity contribution in [3.8, 4) is 5.75 Å². The molecule has 2 N–H and O–H groups in total. The van der Waals surface area contributed by atoms with Crippen molar-refractivity contribution >= 4 is 0 Å². The number of methoxy groups -OCH3 is 1. The Hall–Kier alpha value is -1.81. The summed E-state index contributed by atoms with van der Waals surface area (Å²) in [5, 5.41) is 0. The van der Waals surface area contributed by atoms with Crippen molar-refractivity contribution in [3.63, 3.8) is 0 Å². The van der Waals surface area contributed by atoms with Gasteiger partial charge in [-0.15, -0.1) is 0 Å². The van der Waals surface area contributed by atoms with Gasteiger partial charge in [0.2, 0.25) is 0 Å². The lowest BCUT2D eigenvalue weighted by molar-refractivity contribution is 0.409. The lowest BCUT2D eigenvalue weighted by Gasteiger charge is -2.11. The molecule has 0 saturated heterocycles. The van der Waals surface area contributed by atoms with Crippen LogP contribution in [0.4, 0.5) is 4.39 Å². The van der Waals surface area contributed by atoms with Gasteiger partial charge < -0.3 is 14.9 Å². The monoisotopic (exact) mass is 249 g/mol. The summed E-state index contributed by atoms with van der Waals surface area (Å²) in [6.07, 6.45) is 0. The maximum atomic E-state index is 13.9. The molecule has 0 bridgehead atoms. The van der Waals surface area contributed by atoms with E-state index in [1.165, 1.54) is 13.2 Å². The third kappa shape index (κ3) is 2.24. The summed E-state index contributed by atoms with van der Waals surface area (Å²) in [7, 11) is 1.49. The summed E-state index contributed by atoms with van der Waals surface area (Å²) in [6, 6.07) is 5.84. The van der Waals surface area contributed by atoms with Gasteiger partial charge in [-0.05, 0) is 31.5 Å². The zero-order valence-corrected chi connectivity index (χ0v) is 10.7. The third-order valence-corrected chi connectivity index (χ3v) is 3.03. The Morgan fingerprint density at radius 3 is 2.50 bits per heavy atom. The number of halogens is 1. The smallest absolute Gasteiger partial charge is 0.132 e. The highest BCUT2D eigenvalue weighted by atomic mass is 19.1. The van der Waals surface area contributed by atoms with Gasteiger partial charge in [0.15, 0.2) is 0 Å². The molecule has 0 radical (unpaired) electrons. The van der Waals surface area contributed by atoms with E-state index in [4.69, 9.17) is 14.9 Å². The van der Waals surface area contributed by atoms with Crippen LogP contribution in [-0.2, 0) is 0 Å². The number of furan rings is 1. The summed E-state index contributed by atoms with van der Waals surface area (Å²) in [5.74, 6) is 1.44. The van der Waals surface area contributed by atoms with E-state index in [-0.39, 0.29) is 0 Å². The Kier molecular flexibility index (Phi) is 3.39. The van der Waals surface area contributed by atoms with Crippen LogP contribution in [0.2, 0.25) is 0 Å². The van der Waals surface area contributed by atoms with Gasteiger partial charge in [-0.2, -0.15) is 0 Å². The largest absolute Gasteiger partial charge is 0.497 e. The maximum absolute atomic E-state index is 13.9. The lowest BCUT2D eigenvalue weighted by atomic mass is 10.0. The molecule has 0 saturated carbocycles. The molecule has 1 aromatic carbocycles. The first kappa shape index (κ1) is 12.6. The fourth-order valence-corrected chi connectivity index (χ4v) is 1.80. The second kappa shape index (κ2) is 4.82. The fraction of sp³-hybridized carbons (Fsp3) is 0.286. The molecule has 2 aromatic rings. The third-order valence-electron chi connectivity index (χ3n) is 3.03. The van der Waals surface area contributed by atoms with E-state index in [9.17, 15) is 4.39 Å². The second-order valence-corrected chi connectivity index (χ2v) is 4.25. The average Bonchev–Trinajstić information content (AvgIpc) is 2.68. The second-order valence-electron chi connectivity index (χ2n) is 4.25. The first-order valence-corrected chi connectivity index (χ1v) is 5.69. The minimum atomic E-state index is -0.608. The van der Waals surface area contributed by atoms with Gasteiger partial charge in [0.1, 0.15) is 23.1 Å². The van der Waals surface area contributed by atoms with Crippen LogP contribution in [0.15, 0.2) is 28.7 Å². The van der Waals surface area contributed by atoms with Crippen LogP contribution in [0.25, 0.3) is 0 Å². The van der Waals surface area contributed by atoms with Crippen molar-refractivity contribution in [2.45, 2.75) is 19.9 Å². The molecule has 1 atom stereocenters. The standard InChI is InChI=1S/C14H16FNO2/c1-8-6-13(18-9(8)2)14(16)11-5-4-10(17-3)7-12(11)15/h4-7,14H,16H2,1-3H3. The average molecular weight is 249 g/mol. The van der Waals surface area contributed by atoms with Crippen LogP contribution in [0, 0.1) is 19.7 Å². The molecule has 4 heteroatoms. The molecule has 1 unspecified atom stereocenters. The quantitative estimate of drug-likeness (QED) is 0.909. The molecule has 96 valence electrons. The normalized spacial score (nSPS) is 12.5. The number of aryl methyl sites for hydroxylation is 2. The fourth-order valence-electron chi connectivity index (χ4n) is 1.80. The molecule has 0 fully saturated rings. The zero-order valence-electron chi connectivity index (χ0n) is 10.7. The van der Waals surface area contributed by atoms with Crippen molar-refractivity contribution in [3.05, 3.63) is 52.7 Å². The van der Waals surface area contributed by atoms with Crippen molar-refractivity contribution in [1.29, 1.82) is 0 Å². The Balaban J connectivity index is 2.36. The number of benzene rings is 1. The highest BCUT2D eigenvalue weighted by Crippen LogP contribution is 2.27. The SMILES string of the molecule is COc1ccc(C(N)c2cc(C)c(C)o2)c(F)c1. The minimum absolute atomic E-state index is 0.393. The minimum Gasteiger partial charge on any atom is -0.497 e. The maximum Gasteiger partial charge on any atom is 0.132 e. The lowest BCUT2D eigenvalue weighted by Crippen LogP contribution is -2.12. The molecular formula is C14H16FNO2. The Morgan fingerprint density at radius 1 is 1.28 bits per heavy atom. The molecule has 3 nitrogen and oxygen atoms in total. The zero-order chi connectivity index (χ0) is 13.3. The predicted octanol–water partition coefficient (Wildman–Crippen LogP) is 3.09. The summed E-state index contributed by atoms with van der Waals surface area (Å²) in [6.45, 7) is 3.79. The number of hydrogen-bond donors (Lipinski definition) is 1. The molecule has 0 aliphatic rings. The molecule has 0 amide bonds. The molecule has 0 spiro atoms. The van der Waals surface area contributed by atoms with Gasteiger partial charge in [0.05, 0.1) is 13.2 Å². The molecule has 0 aliphatic carbocycles. The molecule has 0 aliphatic heterocycles. The van der Waals surface area contributed by atoms with Crippen molar-refractivity contribution < 1.29 is 13.5 Å². The van der Waals surface area contributed by atoms with Gasteiger partial charge in [-0.25, -0.2) is 4.39 Å². The highest BCUT2D eigenvalue weighted by molar-refractivity contribution is 5.35. The van der Waals surface area contributed by atoms with E-state index in [1.54, 1.807) is 12.1 Å². The number of nitrogens with two attached hydrogens (primary N) is 1. The van der Waals surface area contributed by atoms with E-state index in [0.29, 0.717) is 17.1 Å². The Labute approximate surface area is 105 Å². The van der Waals surface area contributed by atoms with Crippen LogP contribution < -0.4 is 10.5 Å². The number of rotatable bonds is 3. The van der Waals surface area contributed by atoms with Crippen LogP contribution in [0.1, 0.15) is 28.7 Å². The molecule has 1 heterocycles. The number of hydrogen-bond acceptors (Lipinski definition) is 3. The van der Waals surface area contributed by atoms with E-state index < -0.39 is 11.9 Å². The molecular weight excluding hydrogens is 233 g/mol. The summed E-state index contributed by atoms with van der Waals surface area (Å²) in [4.78, 5) is 0. The van der Waals surface area contributed by atoms with Gasteiger partial charge in [-0.1, -0.05) is 6.07 Å². The topological polar surface area (TPSA) is 48.4 Å². The van der Waals surface area contributed by atoms with Crippen LogP contribution in [0.3, 0.4) is 0 Å². The molecule has 2 rings (SSSR count). The van der Waals surface area contributed by atoms with Gasteiger partial charge in [-0.3, -0.25) is 0 Å². The summed E-state index contributed by atoms with van der Waals surface area (Å²) < 4.78 is 24.4. The van der Waals surface area contributed by atoms with Crippen LogP contribution in [-0.4, -0.2) is 7.11 Å². The molecule has 18 heavy (non-hydrogen) atoms. The summed E-state index contributed by atoms with van der Waals surface area (Å²) in [5.41, 5.74) is 7.42. The van der Waals surface area contributed by atoms with E-state index >= 15 is 0 Å². The van der Waals surface area contributed by atoms with Crippen molar-refractivity contribution in [2.24, 2.45) is 5.73 Å². The van der Waals surface area contributed by atoms with Gasteiger partial charge in [0, 0.05) is 11.6 Å². The van der Waals surface area contributed by atoms with E-state index in [1.807, 2.05) is 19.9 Å². The molecule has 1 aromatic heterocycles. The first-order chi connectivity index (χ1) is 8.52. The Morgan fingerprint density at radius 2 is 2.00 bits per heavy atom. The van der Waals surface area contributed by atoms with E-state index in [0.717, 1.165) is 11.3 Å². The van der Waals surface area contributed by atoms with Crippen molar-refractivity contribution in [2.75, 3.05) is 7.11 Å². The van der Waals surface area contributed by atoms with Crippen molar-refractivity contribution in [1.82, 2.24) is 0 Å². The number of ether oxygens (including phenoxy) is 1. The summed E-state index contributed by atoms with van der Waals surface area (Å²) >= 11 is 0. The highest BCUT2D eigenvalue weighted by Gasteiger charge is 2.18. The van der Waals surface area contributed by atoms with Gasteiger partial charge in [0.25, 0.3) is 0 Å².